The van der Waals surface area contributed by atoms with Crippen LogP contribution in [0.3, 0.4) is 0 Å². The lowest BCUT2D eigenvalue weighted by Gasteiger charge is -2.21. The summed E-state index contributed by atoms with van der Waals surface area (Å²) < 4.78 is 2.86. The molecule has 1 atom stereocenters. The van der Waals surface area contributed by atoms with Crippen LogP contribution in [-0.2, 0) is 23.1 Å². The first-order chi connectivity index (χ1) is 11.9. The van der Waals surface area contributed by atoms with Gasteiger partial charge >= 0.3 is 11.8 Å². The van der Waals surface area contributed by atoms with Gasteiger partial charge in [-0.3, -0.25) is 24.0 Å². The first kappa shape index (κ1) is 16.7. The smallest absolute Gasteiger partial charge is 0.404 e. The number of carboxylic acid groups (broad SMARTS) is 1. The Hall–Kier alpha value is -3.10. The predicted octanol–water partition coefficient (Wildman–Crippen LogP) is 0.128. The summed E-state index contributed by atoms with van der Waals surface area (Å²) in [6.45, 7) is 0.267. The van der Waals surface area contributed by atoms with Gasteiger partial charge in [0.1, 0.15) is 6.04 Å². The highest BCUT2D eigenvalue weighted by Crippen LogP contribution is 2.23. The number of aromatic nitrogens is 2. The molecule has 1 aromatic carbocycles. The van der Waals surface area contributed by atoms with Crippen molar-refractivity contribution in [1.29, 1.82) is 0 Å². The summed E-state index contributed by atoms with van der Waals surface area (Å²) in [7, 11) is 1.62. The summed E-state index contributed by atoms with van der Waals surface area (Å²) in [5.41, 5.74) is 1.81. The minimum atomic E-state index is -1.09. The number of fused-ring (bicyclic) bond motifs is 1. The van der Waals surface area contributed by atoms with Crippen LogP contribution >= 0.6 is 0 Å². The number of aryl methyl sites for hydroxylation is 1. The molecule has 2 heterocycles. The molecule has 0 aliphatic carbocycles. The molecule has 1 unspecified atom stereocenters. The van der Waals surface area contributed by atoms with Gasteiger partial charge in [0.05, 0.1) is 11.0 Å². The van der Waals surface area contributed by atoms with Gasteiger partial charge < -0.3 is 10.4 Å². The van der Waals surface area contributed by atoms with Gasteiger partial charge in [-0.05, 0) is 30.5 Å². The van der Waals surface area contributed by atoms with E-state index in [0.29, 0.717) is 17.5 Å². The first-order valence-electron chi connectivity index (χ1n) is 7.89. The zero-order chi connectivity index (χ0) is 18.1. The summed E-state index contributed by atoms with van der Waals surface area (Å²) in [4.78, 5) is 46.6. The topological polar surface area (TPSA) is 122 Å². The number of amides is 3. The summed E-state index contributed by atoms with van der Waals surface area (Å²) in [5.74, 6) is -0.802. The van der Waals surface area contributed by atoms with Crippen molar-refractivity contribution in [2.75, 3.05) is 6.54 Å². The van der Waals surface area contributed by atoms with E-state index in [9.17, 15) is 19.2 Å². The Morgan fingerprint density at radius 1 is 1.32 bits per heavy atom. The number of benzene rings is 1. The molecule has 0 saturated carbocycles. The third-order valence-corrected chi connectivity index (χ3v) is 4.37. The number of nitrogens with zero attached hydrogens (tertiary/aromatic N) is 2. The summed E-state index contributed by atoms with van der Waals surface area (Å²) in [5, 5.41) is 13.2. The molecular formula is C16H18N4O5. The molecule has 132 valence electrons. The van der Waals surface area contributed by atoms with Gasteiger partial charge in [0.25, 0.3) is 0 Å². The summed E-state index contributed by atoms with van der Waals surface area (Å²) >= 11 is 0. The van der Waals surface area contributed by atoms with Gasteiger partial charge in [-0.1, -0.05) is 6.07 Å². The van der Waals surface area contributed by atoms with Crippen molar-refractivity contribution in [3.8, 4) is 0 Å². The first-order valence-corrected chi connectivity index (χ1v) is 7.89. The fourth-order valence-corrected chi connectivity index (χ4v) is 3.11. The Labute approximate surface area is 142 Å². The van der Waals surface area contributed by atoms with Crippen LogP contribution in [0.4, 0.5) is 4.79 Å². The predicted molar refractivity (Wildman–Crippen MR) is 88.3 cm³/mol. The van der Waals surface area contributed by atoms with E-state index in [1.54, 1.807) is 19.2 Å². The molecular weight excluding hydrogens is 328 g/mol. The number of rotatable bonds is 4. The van der Waals surface area contributed by atoms with Crippen molar-refractivity contribution in [1.82, 2.24) is 19.8 Å². The Kier molecular flexibility index (Phi) is 4.30. The Balaban J connectivity index is 1.96. The molecule has 25 heavy (non-hydrogen) atoms. The molecule has 1 saturated heterocycles. The lowest BCUT2D eigenvalue weighted by atomic mass is 10.1. The molecule has 0 bridgehead atoms. The normalized spacial score (nSPS) is 17.6. The lowest BCUT2D eigenvalue weighted by molar-refractivity contribution is -0.135. The molecule has 9 nitrogen and oxygen atoms in total. The number of nitrogens with one attached hydrogen (secondary N) is 2. The number of carbonyl (C=O) groups excluding carboxylic acids is 2. The van der Waals surface area contributed by atoms with Gasteiger partial charge in [-0.2, -0.15) is 0 Å². The second-order valence-corrected chi connectivity index (χ2v) is 5.98. The fourth-order valence-electron chi connectivity index (χ4n) is 3.11. The van der Waals surface area contributed by atoms with Crippen LogP contribution in [0.15, 0.2) is 23.0 Å². The SMILES string of the molecule is Cn1c(=O)n(C2CCC(=O)NC2=O)c2ccc(CCNC(=O)O)cc21. The third-order valence-electron chi connectivity index (χ3n) is 4.37. The third kappa shape index (κ3) is 3.12. The second-order valence-electron chi connectivity index (χ2n) is 5.98. The summed E-state index contributed by atoms with van der Waals surface area (Å²) in [6, 6.07) is 4.64. The monoisotopic (exact) mass is 346 g/mol. The molecule has 3 amide bonds. The molecule has 1 aliphatic rings. The second kappa shape index (κ2) is 6.42. The quantitative estimate of drug-likeness (QED) is 0.679. The van der Waals surface area contributed by atoms with Gasteiger partial charge in [0.2, 0.25) is 11.8 Å². The highest BCUT2D eigenvalue weighted by molar-refractivity contribution is 6.00. The van der Waals surface area contributed by atoms with E-state index >= 15 is 0 Å². The molecule has 3 N–H and O–H groups in total. The molecule has 9 heteroatoms. The Morgan fingerprint density at radius 2 is 2.08 bits per heavy atom. The number of hydrogen-bond acceptors (Lipinski definition) is 4. The van der Waals surface area contributed by atoms with E-state index in [1.807, 2.05) is 6.07 Å². The van der Waals surface area contributed by atoms with Crippen LogP contribution in [0.25, 0.3) is 11.0 Å². The van der Waals surface area contributed by atoms with E-state index < -0.39 is 18.0 Å². The molecule has 0 spiro atoms. The zero-order valence-corrected chi connectivity index (χ0v) is 13.6. The van der Waals surface area contributed by atoms with Crippen molar-refractivity contribution in [2.45, 2.75) is 25.3 Å². The minimum absolute atomic E-state index is 0.193. The largest absolute Gasteiger partial charge is 0.465 e. The molecule has 0 radical (unpaired) electrons. The highest BCUT2D eigenvalue weighted by atomic mass is 16.4. The molecule has 1 fully saturated rings. The number of carbonyl (C=O) groups is 3. The number of imidazole rings is 1. The average molecular weight is 346 g/mol. The van der Waals surface area contributed by atoms with Crippen molar-refractivity contribution < 1.29 is 19.5 Å². The van der Waals surface area contributed by atoms with Crippen molar-refractivity contribution in [2.24, 2.45) is 7.05 Å². The van der Waals surface area contributed by atoms with E-state index in [1.165, 1.54) is 9.13 Å². The minimum Gasteiger partial charge on any atom is -0.465 e. The maximum Gasteiger partial charge on any atom is 0.404 e. The molecule has 1 aliphatic heterocycles. The van der Waals surface area contributed by atoms with Gasteiger partial charge in [0, 0.05) is 20.0 Å². The number of imide groups is 1. The van der Waals surface area contributed by atoms with Crippen LogP contribution < -0.4 is 16.3 Å². The zero-order valence-electron chi connectivity index (χ0n) is 13.6. The van der Waals surface area contributed by atoms with Crippen LogP contribution in [0.1, 0.15) is 24.4 Å². The number of hydrogen-bond donors (Lipinski definition) is 3. The summed E-state index contributed by atoms with van der Waals surface area (Å²) in [6.07, 6.45) is -0.121. The van der Waals surface area contributed by atoms with E-state index in [4.69, 9.17) is 5.11 Å². The van der Waals surface area contributed by atoms with Gasteiger partial charge in [-0.25, -0.2) is 9.59 Å². The van der Waals surface area contributed by atoms with Gasteiger partial charge in [0.15, 0.2) is 0 Å². The van der Waals surface area contributed by atoms with Crippen molar-refractivity contribution in [3.63, 3.8) is 0 Å². The van der Waals surface area contributed by atoms with E-state index in [0.717, 1.165) is 5.56 Å². The highest BCUT2D eigenvalue weighted by Gasteiger charge is 2.31. The van der Waals surface area contributed by atoms with Crippen LogP contribution in [0.2, 0.25) is 0 Å². The van der Waals surface area contributed by atoms with Crippen molar-refractivity contribution in [3.05, 3.63) is 34.2 Å². The Bertz CT molecular complexity index is 926. The number of piperidine rings is 1. The van der Waals surface area contributed by atoms with Crippen LogP contribution in [0, 0.1) is 0 Å². The molecule has 2 aromatic rings. The maximum absolute atomic E-state index is 12.6. The van der Waals surface area contributed by atoms with Crippen LogP contribution in [0.5, 0.6) is 0 Å². The van der Waals surface area contributed by atoms with Gasteiger partial charge in [-0.15, -0.1) is 0 Å². The van der Waals surface area contributed by atoms with Crippen molar-refractivity contribution >= 4 is 28.9 Å². The van der Waals surface area contributed by atoms with E-state index in [2.05, 4.69) is 10.6 Å². The fraction of sp³-hybridized carbons (Fsp3) is 0.375. The maximum atomic E-state index is 12.6. The average Bonchev–Trinajstić information content (AvgIpc) is 2.79. The lowest BCUT2D eigenvalue weighted by Crippen LogP contribution is -2.44. The molecule has 3 rings (SSSR count). The van der Waals surface area contributed by atoms with Crippen LogP contribution in [-0.4, -0.2) is 38.7 Å². The Morgan fingerprint density at radius 3 is 2.76 bits per heavy atom. The standard InChI is InChI=1S/C16H18N4O5/c1-19-12-8-9(6-7-17-15(23)24)2-3-10(12)20(16(19)25)11-4-5-13(21)18-14(11)22/h2-3,8,11,17H,4-7H2,1H3,(H,23,24)(H,18,21,22). The van der Waals surface area contributed by atoms with E-state index in [-0.39, 0.29) is 31.0 Å². The molecule has 1 aromatic heterocycles.